The first-order valence-electron chi connectivity index (χ1n) is 2.86. The second kappa shape index (κ2) is 3.97. The Bertz CT molecular complexity index is 314. The van der Waals surface area contributed by atoms with Gasteiger partial charge in [-0.25, -0.2) is 0 Å². The minimum atomic E-state index is -0.561. The Labute approximate surface area is 92.7 Å². The summed E-state index contributed by atoms with van der Waals surface area (Å²) in [5.41, 5.74) is 0.318. The smallest absolute Gasteiger partial charge is 0.252 e. The zero-order chi connectivity index (χ0) is 9.30. The zero-order valence-electron chi connectivity index (χ0n) is 5.57. The quantitative estimate of drug-likeness (QED) is 0.561. The fourth-order valence-corrected chi connectivity index (χ4v) is 1.68. The first-order valence-corrected chi connectivity index (χ1v) is 4.79. The Morgan fingerprint density at radius 2 is 1.92 bits per heavy atom. The Balaban J connectivity index is 3.31. The molecule has 12 heavy (non-hydrogen) atoms. The second-order valence-corrected chi connectivity index (χ2v) is 4.01. The van der Waals surface area contributed by atoms with Crippen LogP contribution in [0.3, 0.4) is 0 Å². The highest BCUT2D eigenvalue weighted by molar-refractivity contribution is 9.10. The van der Waals surface area contributed by atoms with Crippen molar-refractivity contribution in [2.75, 3.05) is 0 Å². The lowest BCUT2D eigenvalue weighted by molar-refractivity contribution is 0.108. The molecule has 0 spiro atoms. The van der Waals surface area contributed by atoms with Gasteiger partial charge in [0, 0.05) is 10.0 Å². The summed E-state index contributed by atoms with van der Waals surface area (Å²) in [5.74, 6) is 0. The van der Waals surface area contributed by atoms with Crippen LogP contribution in [0.2, 0.25) is 10.0 Å². The predicted molar refractivity (Wildman–Crippen MR) is 54.3 cm³/mol. The van der Waals surface area contributed by atoms with E-state index in [1.165, 1.54) is 12.1 Å². The number of hydrogen-bond donors (Lipinski definition) is 0. The van der Waals surface area contributed by atoms with Gasteiger partial charge in [0.2, 0.25) is 0 Å². The predicted octanol–water partition coefficient (Wildman–Crippen LogP) is 4.13. The third kappa shape index (κ3) is 2.13. The molecule has 64 valence electrons. The van der Waals surface area contributed by atoms with Gasteiger partial charge in [0.15, 0.2) is 0 Å². The molecule has 0 heterocycles. The summed E-state index contributed by atoms with van der Waals surface area (Å²) < 4.78 is 0.556. The molecule has 1 aromatic rings. The van der Waals surface area contributed by atoms with E-state index in [1.807, 2.05) is 0 Å². The lowest BCUT2D eigenvalue weighted by Crippen LogP contribution is -1.88. The maximum atomic E-state index is 10.7. The van der Waals surface area contributed by atoms with Gasteiger partial charge in [-0.15, -0.1) is 0 Å². The van der Waals surface area contributed by atoms with Gasteiger partial charge in [0.1, 0.15) is 0 Å². The van der Waals surface area contributed by atoms with Crippen LogP contribution >= 0.6 is 50.7 Å². The number of carbonyl (C=O) groups excluding carboxylic acids is 1. The molecule has 0 aromatic heterocycles. The van der Waals surface area contributed by atoms with Gasteiger partial charge in [0.05, 0.1) is 10.0 Å². The molecule has 1 rings (SSSR count). The molecule has 0 amide bonds. The van der Waals surface area contributed by atoms with Crippen LogP contribution in [0.4, 0.5) is 0 Å². The normalized spacial score (nSPS) is 10.0. The first-order chi connectivity index (χ1) is 5.52. The molecule has 0 saturated carbocycles. The highest BCUT2D eigenvalue weighted by Crippen LogP contribution is 2.31. The van der Waals surface area contributed by atoms with Crippen molar-refractivity contribution in [3.63, 3.8) is 0 Å². The number of carbonyl (C=O) groups is 1. The highest BCUT2D eigenvalue weighted by Gasteiger charge is 2.08. The van der Waals surface area contributed by atoms with Crippen molar-refractivity contribution in [3.8, 4) is 0 Å². The van der Waals surface area contributed by atoms with Crippen LogP contribution in [0.15, 0.2) is 16.6 Å². The van der Waals surface area contributed by atoms with Crippen molar-refractivity contribution in [1.29, 1.82) is 0 Å². The molecule has 5 heteroatoms. The van der Waals surface area contributed by atoms with Crippen molar-refractivity contribution < 1.29 is 4.79 Å². The molecule has 0 bridgehead atoms. The SMILES string of the molecule is O=C(Cl)c1cc(Cl)c(Cl)c(Br)c1. The minimum absolute atomic E-state index is 0.301. The van der Waals surface area contributed by atoms with E-state index in [0.29, 0.717) is 20.1 Å². The van der Waals surface area contributed by atoms with E-state index in [1.54, 1.807) is 0 Å². The van der Waals surface area contributed by atoms with Crippen molar-refractivity contribution in [1.82, 2.24) is 0 Å². The molecule has 0 aliphatic carbocycles. The van der Waals surface area contributed by atoms with Crippen molar-refractivity contribution in [2.24, 2.45) is 0 Å². The summed E-state index contributed by atoms with van der Waals surface area (Å²) in [5, 5.41) is 0.114. The third-order valence-electron chi connectivity index (χ3n) is 1.21. The molecule has 0 radical (unpaired) electrons. The number of rotatable bonds is 1. The first kappa shape index (κ1) is 10.3. The van der Waals surface area contributed by atoms with E-state index in [9.17, 15) is 4.79 Å². The summed E-state index contributed by atoms with van der Waals surface area (Å²) in [6.45, 7) is 0. The van der Waals surface area contributed by atoms with Crippen LogP contribution in [-0.4, -0.2) is 5.24 Å². The second-order valence-electron chi connectivity index (χ2n) is 2.03. The van der Waals surface area contributed by atoms with Crippen molar-refractivity contribution in [3.05, 3.63) is 32.2 Å². The number of benzene rings is 1. The van der Waals surface area contributed by atoms with Crippen LogP contribution in [0.1, 0.15) is 10.4 Å². The molecule has 0 aliphatic heterocycles. The Morgan fingerprint density at radius 1 is 1.33 bits per heavy atom. The maximum Gasteiger partial charge on any atom is 0.252 e. The third-order valence-corrected chi connectivity index (χ3v) is 3.08. The fraction of sp³-hybridized carbons (Fsp3) is 0. The Hall–Kier alpha value is 0.240. The molecule has 0 aliphatic rings. The molecular formula is C7H2BrCl3O. The molecule has 1 nitrogen and oxygen atoms in total. The van der Waals surface area contributed by atoms with Gasteiger partial charge >= 0.3 is 0 Å². The van der Waals surface area contributed by atoms with Gasteiger partial charge in [0.25, 0.3) is 5.24 Å². The molecule has 1 aromatic carbocycles. The van der Waals surface area contributed by atoms with Gasteiger partial charge in [-0.2, -0.15) is 0 Å². The highest BCUT2D eigenvalue weighted by atomic mass is 79.9. The molecule has 0 fully saturated rings. The molecule has 0 unspecified atom stereocenters. The standard InChI is InChI=1S/C7H2BrCl3O/c8-4-1-3(7(11)12)2-5(9)6(4)10/h1-2H. The molecule has 0 saturated heterocycles. The van der Waals surface area contributed by atoms with Gasteiger partial charge in [-0.1, -0.05) is 23.2 Å². The number of halogens is 4. The summed E-state index contributed by atoms with van der Waals surface area (Å²) in [4.78, 5) is 10.7. The minimum Gasteiger partial charge on any atom is -0.276 e. The zero-order valence-corrected chi connectivity index (χ0v) is 9.43. The van der Waals surface area contributed by atoms with Crippen molar-refractivity contribution in [2.45, 2.75) is 0 Å². The maximum absolute atomic E-state index is 10.7. The molecule has 0 N–H and O–H groups in total. The monoisotopic (exact) mass is 286 g/mol. The van der Waals surface area contributed by atoms with Crippen molar-refractivity contribution >= 4 is 56.0 Å². The largest absolute Gasteiger partial charge is 0.276 e. The van der Waals surface area contributed by atoms with Crippen LogP contribution in [0, 0.1) is 0 Å². The van der Waals surface area contributed by atoms with Crippen LogP contribution in [0.5, 0.6) is 0 Å². The Kier molecular flexibility index (Phi) is 3.41. The average Bonchev–Trinajstić information content (AvgIpc) is 1.99. The summed E-state index contributed by atoms with van der Waals surface area (Å²) in [6.07, 6.45) is 0. The summed E-state index contributed by atoms with van der Waals surface area (Å²) in [6, 6.07) is 2.94. The van der Waals surface area contributed by atoms with Crippen LogP contribution in [-0.2, 0) is 0 Å². The topological polar surface area (TPSA) is 17.1 Å². The van der Waals surface area contributed by atoms with E-state index < -0.39 is 5.24 Å². The van der Waals surface area contributed by atoms with Crippen LogP contribution < -0.4 is 0 Å². The summed E-state index contributed by atoms with van der Waals surface area (Å²) >= 11 is 19.8. The van der Waals surface area contributed by atoms with Gasteiger partial charge < -0.3 is 0 Å². The van der Waals surface area contributed by atoms with Gasteiger partial charge in [-0.05, 0) is 39.7 Å². The van der Waals surface area contributed by atoms with E-state index in [4.69, 9.17) is 34.8 Å². The molecular weight excluding hydrogens is 286 g/mol. The van der Waals surface area contributed by atoms with E-state index in [0.717, 1.165) is 0 Å². The van der Waals surface area contributed by atoms with E-state index in [-0.39, 0.29) is 0 Å². The van der Waals surface area contributed by atoms with E-state index >= 15 is 0 Å². The lowest BCUT2D eigenvalue weighted by Gasteiger charge is -2.00. The van der Waals surface area contributed by atoms with E-state index in [2.05, 4.69) is 15.9 Å². The average molecular weight is 288 g/mol. The molecule has 0 atom stereocenters. The fourth-order valence-electron chi connectivity index (χ4n) is 0.669. The van der Waals surface area contributed by atoms with Gasteiger partial charge in [-0.3, -0.25) is 4.79 Å². The Morgan fingerprint density at radius 3 is 2.33 bits per heavy atom. The lowest BCUT2D eigenvalue weighted by atomic mass is 10.2. The number of hydrogen-bond acceptors (Lipinski definition) is 1. The summed E-state index contributed by atoms with van der Waals surface area (Å²) in [7, 11) is 0. The van der Waals surface area contributed by atoms with Crippen LogP contribution in [0.25, 0.3) is 0 Å².